The number of hydrogen-bond acceptors (Lipinski definition) is 4. The van der Waals surface area contributed by atoms with E-state index in [-0.39, 0.29) is 24.7 Å². The molecule has 0 fully saturated rings. The fraction of sp³-hybridized carbons (Fsp3) is 0.750. The number of amides is 1. The van der Waals surface area contributed by atoms with E-state index in [0.29, 0.717) is 19.6 Å². The summed E-state index contributed by atoms with van der Waals surface area (Å²) in [6, 6.07) is 0. The van der Waals surface area contributed by atoms with Crippen LogP contribution >= 0.6 is 0 Å². The van der Waals surface area contributed by atoms with E-state index in [1.54, 1.807) is 6.92 Å². The van der Waals surface area contributed by atoms with Crippen molar-refractivity contribution in [3.8, 4) is 0 Å². The minimum absolute atomic E-state index is 0.0816. The lowest BCUT2D eigenvalue weighted by Gasteiger charge is -2.18. The van der Waals surface area contributed by atoms with Crippen LogP contribution in [-0.4, -0.2) is 36.1 Å². The van der Waals surface area contributed by atoms with Crippen molar-refractivity contribution in [3.63, 3.8) is 0 Å². The minimum Gasteiger partial charge on any atom is -0.481 e. The molecular weight excluding hydrogens is 238 g/mol. The second kappa shape index (κ2) is 7.68. The first-order valence-corrected chi connectivity index (χ1v) is 5.95. The molecule has 18 heavy (non-hydrogen) atoms. The number of rotatable bonds is 8. The average Bonchev–Trinajstić information content (AvgIpc) is 2.24. The van der Waals surface area contributed by atoms with Crippen molar-refractivity contribution < 1.29 is 24.2 Å². The topological polar surface area (TPSA) is 92.7 Å². The SMILES string of the molecule is CCOC(=O)CCCNC(=O)CC(C)(C)C(=O)O. The van der Waals surface area contributed by atoms with Crippen LogP contribution in [0.4, 0.5) is 0 Å². The summed E-state index contributed by atoms with van der Waals surface area (Å²) in [4.78, 5) is 33.2. The first-order valence-electron chi connectivity index (χ1n) is 5.95. The standard InChI is InChI=1S/C12H21NO5/c1-4-18-10(15)6-5-7-13-9(14)8-12(2,3)11(16)17/h4-8H2,1-3H3,(H,13,14)(H,16,17). The average molecular weight is 259 g/mol. The van der Waals surface area contributed by atoms with Crippen molar-refractivity contribution in [2.24, 2.45) is 5.41 Å². The van der Waals surface area contributed by atoms with Gasteiger partial charge < -0.3 is 15.2 Å². The zero-order valence-electron chi connectivity index (χ0n) is 11.1. The van der Waals surface area contributed by atoms with E-state index in [1.807, 2.05) is 0 Å². The monoisotopic (exact) mass is 259 g/mol. The van der Waals surface area contributed by atoms with E-state index in [9.17, 15) is 14.4 Å². The van der Waals surface area contributed by atoms with Gasteiger partial charge in [-0.05, 0) is 27.2 Å². The molecule has 0 saturated carbocycles. The third kappa shape index (κ3) is 6.88. The van der Waals surface area contributed by atoms with Crippen LogP contribution in [0.25, 0.3) is 0 Å². The predicted octanol–water partition coefficient (Wildman–Crippen LogP) is 0.947. The van der Waals surface area contributed by atoms with Gasteiger partial charge in [0, 0.05) is 19.4 Å². The molecule has 2 N–H and O–H groups in total. The molecule has 6 nitrogen and oxygen atoms in total. The predicted molar refractivity (Wildman–Crippen MR) is 64.9 cm³/mol. The molecule has 0 radical (unpaired) electrons. The number of carbonyl (C=O) groups excluding carboxylic acids is 2. The molecule has 0 bridgehead atoms. The van der Waals surface area contributed by atoms with E-state index in [4.69, 9.17) is 9.84 Å². The second-order valence-electron chi connectivity index (χ2n) is 4.62. The number of esters is 1. The Balaban J connectivity index is 3.79. The first-order chi connectivity index (χ1) is 8.29. The van der Waals surface area contributed by atoms with E-state index >= 15 is 0 Å². The fourth-order valence-electron chi connectivity index (χ4n) is 1.23. The third-order valence-electron chi connectivity index (χ3n) is 2.37. The largest absolute Gasteiger partial charge is 0.481 e. The molecule has 0 heterocycles. The van der Waals surface area contributed by atoms with Crippen molar-refractivity contribution >= 4 is 17.8 Å². The minimum atomic E-state index is -1.08. The highest BCUT2D eigenvalue weighted by Crippen LogP contribution is 2.19. The van der Waals surface area contributed by atoms with Gasteiger partial charge in [0.25, 0.3) is 0 Å². The first kappa shape index (κ1) is 16.4. The van der Waals surface area contributed by atoms with Crippen LogP contribution in [0.1, 0.15) is 40.0 Å². The summed E-state index contributed by atoms with van der Waals surface area (Å²) in [6.07, 6.45) is 0.649. The van der Waals surface area contributed by atoms with Crippen LogP contribution < -0.4 is 5.32 Å². The van der Waals surface area contributed by atoms with Crippen molar-refractivity contribution in [2.75, 3.05) is 13.2 Å². The normalized spacial score (nSPS) is 10.8. The molecule has 6 heteroatoms. The molecule has 0 aliphatic rings. The van der Waals surface area contributed by atoms with Gasteiger partial charge in [0.2, 0.25) is 5.91 Å². The number of hydrogen-bond donors (Lipinski definition) is 2. The number of ether oxygens (including phenoxy) is 1. The molecule has 0 spiro atoms. The maximum atomic E-state index is 11.4. The van der Waals surface area contributed by atoms with Crippen molar-refractivity contribution in [1.29, 1.82) is 0 Å². The van der Waals surface area contributed by atoms with Gasteiger partial charge >= 0.3 is 11.9 Å². The van der Waals surface area contributed by atoms with Gasteiger partial charge in [0.05, 0.1) is 12.0 Å². The Bertz CT molecular complexity index is 312. The maximum absolute atomic E-state index is 11.4. The summed E-state index contributed by atoms with van der Waals surface area (Å²) >= 11 is 0. The fourth-order valence-corrected chi connectivity index (χ4v) is 1.23. The van der Waals surface area contributed by atoms with Gasteiger partial charge in [0.15, 0.2) is 0 Å². The zero-order chi connectivity index (χ0) is 14.2. The Morgan fingerprint density at radius 1 is 1.28 bits per heavy atom. The molecule has 0 rings (SSSR count). The van der Waals surface area contributed by atoms with E-state index < -0.39 is 11.4 Å². The van der Waals surface area contributed by atoms with E-state index in [0.717, 1.165) is 0 Å². The number of carboxylic acid groups (broad SMARTS) is 1. The van der Waals surface area contributed by atoms with Gasteiger partial charge in [0.1, 0.15) is 0 Å². The number of nitrogens with one attached hydrogen (secondary N) is 1. The summed E-state index contributed by atoms with van der Waals surface area (Å²) in [5.41, 5.74) is -1.08. The highest BCUT2D eigenvalue weighted by atomic mass is 16.5. The molecule has 0 saturated heterocycles. The van der Waals surface area contributed by atoms with Crippen molar-refractivity contribution in [3.05, 3.63) is 0 Å². The number of aliphatic carboxylic acids is 1. The molecule has 0 aromatic heterocycles. The quantitative estimate of drug-likeness (QED) is 0.500. The molecule has 0 aromatic carbocycles. The smallest absolute Gasteiger partial charge is 0.309 e. The van der Waals surface area contributed by atoms with Gasteiger partial charge in [-0.1, -0.05) is 0 Å². The van der Waals surface area contributed by atoms with Crippen molar-refractivity contribution in [1.82, 2.24) is 5.32 Å². The van der Waals surface area contributed by atoms with Crippen LogP contribution in [0.15, 0.2) is 0 Å². The van der Waals surface area contributed by atoms with Crippen LogP contribution in [-0.2, 0) is 19.1 Å². The molecule has 0 atom stereocenters. The summed E-state index contributed by atoms with van der Waals surface area (Å²) in [7, 11) is 0. The summed E-state index contributed by atoms with van der Waals surface area (Å²) in [6.45, 7) is 5.40. The summed E-state index contributed by atoms with van der Waals surface area (Å²) in [5.74, 6) is -1.63. The summed E-state index contributed by atoms with van der Waals surface area (Å²) in [5, 5.41) is 11.4. The van der Waals surface area contributed by atoms with Gasteiger partial charge in [-0.15, -0.1) is 0 Å². The summed E-state index contributed by atoms with van der Waals surface area (Å²) < 4.78 is 4.73. The Kier molecular flexibility index (Phi) is 7.00. The Morgan fingerprint density at radius 2 is 1.89 bits per heavy atom. The lowest BCUT2D eigenvalue weighted by molar-refractivity contribution is -0.149. The van der Waals surface area contributed by atoms with E-state index in [2.05, 4.69) is 5.32 Å². The maximum Gasteiger partial charge on any atom is 0.309 e. The number of carboxylic acids is 1. The lowest BCUT2D eigenvalue weighted by atomic mass is 9.89. The van der Waals surface area contributed by atoms with Gasteiger partial charge in [-0.25, -0.2) is 0 Å². The van der Waals surface area contributed by atoms with Crippen LogP contribution in [0.2, 0.25) is 0 Å². The van der Waals surface area contributed by atoms with Crippen molar-refractivity contribution in [2.45, 2.75) is 40.0 Å². The van der Waals surface area contributed by atoms with Crippen LogP contribution in [0, 0.1) is 5.41 Å². The molecule has 0 aliphatic heterocycles. The van der Waals surface area contributed by atoms with Crippen LogP contribution in [0.3, 0.4) is 0 Å². The molecule has 0 aliphatic carbocycles. The third-order valence-corrected chi connectivity index (χ3v) is 2.37. The molecule has 0 unspecified atom stereocenters. The second-order valence-corrected chi connectivity index (χ2v) is 4.62. The lowest BCUT2D eigenvalue weighted by Crippen LogP contribution is -2.33. The molecule has 104 valence electrons. The van der Waals surface area contributed by atoms with Gasteiger partial charge in [-0.3, -0.25) is 14.4 Å². The molecule has 1 amide bonds. The molecule has 0 aromatic rings. The Hall–Kier alpha value is -1.59. The van der Waals surface area contributed by atoms with Crippen LogP contribution in [0.5, 0.6) is 0 Å². The zero-order valence-corrected chi connectivity index (χ0v) is 11.1. The van der Waals surface area contributed by atoms with Gasteiger partial charge in [-0.2, -0.15) is 0 Å². The number of carbonyl (C=O) groups is 3. The highest BCUT2D eigenvalue weighted by molar-refractivity contribution is 5.84. The highest BCUT2D eigenvalue weighted by Gasteiger charge is 2.29. The Morgan fingerprint density at radius 3 is 2.39 bits per heavy atom. The molecular formula is C12H21NO5. The Labute approximate surface area is 107 Å². The van der Waals surface area contributed by atoms with E-state index in [1.165, 1.54) is 13.8 Å².